The van der Waals surface area contributed by atoms with E-state index in [1.807, 2.05) is 37.3 Å². The van der Waals surface area contributed by atoms with Crippen molar-refractivity contribution >= 4 is 35.2 Å². The highest BCUT2D eigenvalue weighted by atomic mass is 35.5. The number of carbonyl (C=O) groups is 3. The van der Waals surface area contributed by atoms with Crippen molar-refractivity contribution in [2.75, 3.05) is 24.6 Å². The van der Waals surface area contributed by atoms with Crippen LogP contribution in [0.1, 0.15) is 18.5 Å². The van der Waals surface area contributed by atoms with Crippen LogP contribution in [0, 0.1) is 0 Å². The van der Waals surface area contributed by atoms with Crippen molar-refractivity contribution in [1.29, 1.82) is 0 Å². The van der Waals surface area contributed by atoms with E-state index in [9.17, 15) is 14.4 Å². The first-order valence-corrected chi connectivity index (χ1v) is 9.96. The summed E-state index contributed by atoms with van der Waals surface area (Å²) in [6.07, 6.45) is 0. The van der Waals surface area contributed by atoms with Crippen molar-refractivity contribution in [3.8, 4) is 0 Å². The number of urea groups is 1. The molecule has 154 valence electrons. The lowest BCUT2D eigenvalue weighted by Gasteiger charge is -2.33. The minimum Gasteiger partial charge on any atom is -0.456 e. The predicted octanol–water partition coefficient (Wildman–Crippen LogP) is 3.27. The van der Waals surface area contributed by atoms with Crippen molar-refractivity contribution in [2.24, 2.45) is 0 Å². The van der Waals surface area contributed by atoms with Crippen LogP contribution in [0.25, 0.3) is 0 Å². The second-order valence-electron chi connectivity index (χ2n) is 6.93. The summed E-state index contributed by atoms with van der Waals surface area (Å²) in [4.78, 5) is 41.2. The molecule has 7 nitrogen and oxygen atoms in total. The van der Waals surface area contributed by atoms with E-state index in [1.54, 1.807) is 29.2 Å². The second-order valence-corrected chi connectivity index (χ2v) is 7.37. The van der Waals surface area contributed by atoms with Crippen LogP contribution in [-0.4, -0.2) is 42.5 Å². The van der Waals surface area contributed by atoms with E-state index >= 15 is 0 Å². The molecule has 2 aromatic carbocycles. The number of likely N-dealkylation sites (N-methyl/N-ethyl adjacent to an activating group) is 1. The van der Waals surface area contributed by atoms with Crippen LogP contribution in [0.4, 0.5) is 10.5 Å². The van der Waals surface area contributed by atoms with Gasteiger partial charge in [0.15, 0.2) is 0 Å². The topological polar surface area (TPSA) is 79.0 Å². The molecule has 2 heterocycles. The molecule has 0 spiro atoms. The molecule has 1 atom stereocenters. The standard InChI is InChI=1S/C22H20ClN3O4/c1-2-25(16-6-4-3-5-7-16)18(27)12-26-17-13-30-21(28)19(17)20(24-22(26)29)14-8-10-15(23)11-9-14/h3-11,20H,2,12-13H2,1H3,(H,24,29). The molecule has 0 aliphatic carbocycles. The Balaban J connectivity index is 1.63. The zero-order valence-electron chi connectivity index (χ0n) is 16.3. The lowest BCUT2D eigenvalue weighted by Crippen LogP contribution is -2.51. The number of hydrogen-bond donors (Lipinski definition) is 1. The zero-order chi connectivity index (χ0) is 21.3. The number of cyclic esters (lactones) is 1. The quantitative estimate of drug-likeness (QED) is 0.746. The second kappa shape index (κ2) is 8.20. The van der Waals surface area contributed by atoms with E-state index < -0.39 is 18.0 Å². The van der Waals surface area contributed by atoms with Gasteiger partial charge in [0.25, 0.3) is 0 Å². The number of rotatable bonds is 5. The molecule has 0 fully saturated rings. The Morgan fingerprint density at radius 3 is 2.53 bits per heavy atom. The number of para-hydroxylation sites is 1. The SMILES string of the molecule is CCN(C(=O)CN1C(=O)NC(c2ccc(Cl)cc2)C2=C1COC2=O)c1ccccc1. The fourth-order valence-corrected chi connectivity index (χ4v) is 3.84. The number of ether oxygens (including phenoxy) is 1. The van der Waals surface area contributed by atoms with Gasteiger partial charge in [0.2, 0.25) is 5.91 Å². The number of benzene rings is 2. The number of nitrogens with zero attached hydrogens (tertiary/aromatic N) is 2. The van der Waals surface area contributed by atoms with Crippen LogP contribution in [0.3, 0.4) is 0 Å². The molecule has 30 heavy (non-hydrogen) atoms. The molecule has 8 heteroatoms. The smallest absolute Gasteiger partial charge is 0.338 e. The third kappa shape index (κ3) is 3.64. The Bertz CT molecular complexity index is 1020. The average Bonchev–Trinajstić information content (AvgIpc) is 3.13. The molecule has 3 amide bonds. The summed E-state index contributed by atoms with van der Waals surface area (Å²) in [6.45, 7) is 2.07. The lowest BCUT2D eigenvalue weighted by molar-refractivity contribution is -0.136. The summed E-state index contributed by atoms with van der Waals surface area (Å²) in [5.41, 5.74) is 2.22. The minimum atomic E-state index is -0.650. The number of nitrogens with one attached hydrogen (secondary N) is 1. The van der Waals surface area contributed by atoms with Crippen molar-refractivity contribution in [3.63, 3.8) is 0 Å². The number of esters is 1. The number of anilines is 1. The Kier molecular flexibility index (Phi) is 5.46. The van der Waals surface area contributed by atoms with Crippen LogP contribution in [0.5, 0.6) is 0 Å². The molecule has 2 aliphatic rings. The maximum atomic E-state index is 13.0. The van der Waals surface area contributed by atoms with Gasteiger partial charge in [0.1, 0.15) is 13.2 Å². The van der Waals surface area contributed by atoms with E-state index in [0.717, 1.165) is 5.69 Å². The van der Waals surface area contributed by atoms with Gasteiger partial charge in [-0.25, -0.2) is 9.59 Å². The number of carbonyl (C=O) groups excluding carboxylic acids is 3. The summed E-state index contributed by atoms with van der Waals surface area (Å²) in [5, 5.41) is 3.37. The van der Waals surface area contributed by atoms with E-state index in [2.05, 4.69) is 5.32 Å². The highest BCUT2D eigenvalue weighted by Gasteiger charge is 2.43. The Hall–Kier alpha value is -3.32. The molecular weight excluding hydrogens is 406 g/mol. The first-order valence-electron chi connectivity index (χ1n) is 9.58. The largest absolute Gasteiger partial charge is 0.456 e. The van der Waals surface area contributed by atoms with Crippen LogP contribution < -0.4 is 10.2 Å². The van der Waals surface area contributed by atoms with Crippen LogP contribution in [0.2, 0.25) is 5.02 Å². The number of amides is 3. The first-order chi connectivity index (χ1) is 14.5. The summed E-state index contributed by atoms with van der Waals surface area (Å²) < 4.78 is 5.21. The molecule has 0 saturated carbocycles. The maximum absolute atomic E-state index is 13.0. The van der Waals surface area contributed by atoms with Crippen molar-refractivity contribution in [2.45, 2.75) is 13.0 Å². The molecule has 1 N–H and O–H groups in total. The first kappa shape index (κ1) is 20.0. The lowest BCUT2D eigenvalue weighted by atomic mass is 9.96. The summed E-state index contributed by atoms with van der Waals surface area (Å²) in [7, 11) is 0. The fourth-order valence-electron chi connectivity index (χ4n) is 3.72. The van der Waals surface area contributed by atoms with Crippen LogP contribution in [-0.2, 0) is 14.3 Å². The van der Waals surface area contributed by atoms with Gasteiger partial charge in [0, 0.05) is 17.3 Å². The minimum absolute atomic E-state index is 0.0452. The van der Waals surface area contributed by atoms with Crippen molar-refractivity contribution in [1.82, 2.24) is 10.2 Å². The molecule has 0 radical (unpaired) electrons. The Labute approximate surface area is 178 Å². The summed E-state index contributed by atoms with van der Waals surface area (Å²) in [5.74, 6) is -0.757. The zero-order valence-corrected chi connectivity index (χ0v) is 17.1. The van der Waals surface area contributed by atoms with Gasteiger partial charge in [-0.1, -0.05) is 41.9 Å². The van der Waals surface area contributed by atoms with E-state index in [-0.39, 0.29) is 19.1 Å². The maximum Gasteiger partial charge on any atom is 0.338 e. The molecule has 1 unspecified atom stereocenters. The average molecular weight is 426 g/mol. The number of hydrogen-bond acceptors (Lipinski definition) is 4. The molecule has 0 aromatic heterocycles. The highest BCUT2D eigenvalue weighted by Crippen LogP contribution is 2.35. The van der Waals surface area contributed by atoms with Crippen molar-refractivity contribution in [3.05, 3.63) is 76.5 Å². The highest BCUT2D eigenvalue weighted by molar-refractivity contribution is 6.30. The van der Waals surface area contributed by atoms with Gasteiger partial charge in [-0.2, -0.15) is 0 Å². The molecule has 0 bridgehead atoms. The monoisotopic (exact) mass is 425 g/mol. The van der Waals surface area contributed by atoms with Gasteiger partial charge >= 0.3 is 12.0 Å². The van der Waals surface area contributed by atoms with Crippen LogP contribution in [0.15, 0.2) is 65.9 Å². The fraction of sp³-hybridized carbons (Fsp3) is 0.227. The molecule has 4 rings (SSSR count). The molecule has 0 saturated heterocycles. The number of halogens is 1. The van der Waals surface area contributed by atoms with Gasteiger partial charge in [0.05, 0.1) is 17.3 Å². The van der Waals surface area contributed by atoms with E-state index in [0.29, 0.717) is 28.4 Å². The van der Waals surface area contributed by atoms with E-state index in [1.165, 1.54) is 4.90 Å². The van der Waals surface area contributed by atoms with Gasteiger partial charge in [-0.05, 0) is 36.8 Å². The molecule has 2 aliphatic heterocycles. The Morgan fingerprint density at radius 2 is 1.87 bits per heavy atom. The van der Waals surface area contributed by atoms with Gasteiger partial charge < -0.3 is 15.0 Å². The van der Waals surface area contributed by atoms with Gasteiger partial charge in [-0.15, -0.1) is 0 Å². The third-order valence-electron chi connectivity index (χ3n) is 5.18. The third-order valence-corrected chi connectivity index (χ3v) is 5.43. The normalized spacial score (nSPS) is 18.1. The summed E-state index contributed by atoms with van der Waals surface area (Å²) in [6, 6.07) is 15.0. The summed E-state index contributed by atoms with van der Waals surface area (Å²) >= 11 is 5.95. The molecular formula is C22H20ClN3O4. The van der Waals surface area contributed by atoms with Crippen molar-refractivity contribution < 1.29 is 19.1 Å². The van der Waals surface area contributed by atoms with E-state index in [4.69, 9.17) is 16.3 Å². The Morgan fingerprint density at radius 1 is 1.17 bits per heavy atom. The molecule has 2 aromatic rings. The van der Waals surface area contributed by atoms with Gasteiger partial charge in [-0.3, -0.25) is 9.69 Å². The predicted molar refractivity (Wildman–Crippen MR) is 112 cm³/mol. The van der Waals surface area contributed by atoms with Crippen LogP contribution >= 0.6 is 11.6 Å².